The van der Waals surface area contributed by atoms with Gasteiger partial charge in [0.1, 0.15) is 0 Å². The SMILES string of the molecule is CCCCCN(C)C(=O)c1ccccc1C#CCN. The average molecular weight is 258 g/mol. The van der Waals surface area contributed by atoms with Gasteiger partial charge in [0.05, 0.1) is 12.1 Å². The molecule has 0 spiro atoms. The summed E-state index contributed by atoms with van der Waals surface area (Å²) in [6.07, 6.45) is 3.34. The minimum Gasteiger partial charge on any atom is -0.342 e. The number of carbonyl (C=O) groups excluding carboxylic acids is 1. The number of hydrogen-bond acceptors (Lipinski definition) is 2. The highest BCUT2D eigenvalue weighted by molar-refractivity contribution is 5.96. The Hall–Kier alpha value is -1.79. The standard InChI is InChI=1S/C16H22N2O/c1-3-4-7-13-18(2)16(19)15-11-6-5-9-14(15)10-8-12-17/h5-6,9,11H,3-4,7,12-13,17H2,1-2H3. The lowest BCUT2D eigenvalue weighted by Gasteiger charge is -2.17. The molecule has 3 heteroatoms. The quantitative estimate of drug-likeness (QED) is 0.650. The van der Waals surface area contributed by atoms with Gasteiger partial charge in [0.15, 0.2) is 0 Å². The normalized spacial score (nSPS) is 9.63. The highest BCUT2D eigenvalue weighted by Crippen LogP contribution is 2.11. The average Bonchev–Trinajstić information content (AvgIpc) is 2.44. The summed E-state index contributed by atoms with van der Waals surface area (Å²) in [5.41, 5.74) is 6.78. The number of unbranched alkanes of at least 4 members (excludes halogenated alkanes) is 2. The maximum atomic E-state index is 12.3. The van der Waals surface area contributed by atoms with E-state index in [9.17, 15) is 4.79 Å². The van der Waals surface area contributed by atoms with E-state index in [4.69, 9.17) is 5.73 Å². The molecule has 102 valence electrons. The molecule has 1 rings (SSSR count). The van der Waals surface area contributed by atoms with Crippen LogP contribution >= 0.6 is 0 Å². The predicted molar refractivity (Wildman–Crippen MR) is 78.9 cm³/mol. The van der Waals surface area contributed by atoms with E-state index in [-0.39, 0.29) is 5.91 Å². The van der Waals surface area contributed by atoms with Crippen molar-refractivity contribution in [2.45, 2.75) is 26.2 Å². The Kier molecular flexibility index (Phi) is 6.70. The molecule has 1 aromatic carbocycles. The van der Waals surface area contributed by atoms with Crippen LogP contribution in [-0.4, -0.2) is 30.9 Å². The van der Waals surface area contributed by atoms with Crippen molar-refractivity contribution < 1.29 is 4.79 Å². The highest BCUT2D eigenvalue weighted by Gasteiger charge is 2.13. The van der Waals surface area contributed by atoms with Gasteiger partial charge in [0.2, 0.25) is 0 Å². The fourth-order valence-corrected chi connectivity index (χ4v) is 1.83. The monoisotopic (exact) mass is 258 g/mol. The molecule has 0 aliphatic heterocycles. The van der Waals surface area contributed by atoms with Crippen LogP contribution in [0.3, 0.4) is 0 Å². The Labute approximate surface area is 115 Å². The van der Waals surface area contributed by atoms with Gasteiger partial charge in [0, 0.05) is 19.2 Å². The van der Waals surface area contributed by atoms with Crippen molar-refractivity contribution >= 4 is 5.91 Å². The molecular formula is C16H22N2O. The van der Waals surface area contributed by atoms with Crippen LogP contribution < -0.4 is 5.73 Å². The Morgan fingerprint density at radius 1 is 1.32 bits per heavy atom. The molecule has 0 unspecified atom stereocenters. The van der Waals surface area contributed by atoms with Gasteiger partial charge in [-0.05, 0) is 18.6 Å². The van der Waals surface area contributed by atoms with Crippen molar-refractivity contribution in [1.29, 1.82) is 0 Å². The zero-order valence-electron chi connectivity index (χ0n) is 11.8. The molecule has 0 bridgehead atoms. The van der Waals surface area contributed by atoms with Gasteiger partial charge in [-0.2, -0.15) is 0 Å². The van der Waals surface area contributed by atoms with Gasteiger partial charge in [-0.1, -0.05) is 43.7 Å². The molecule has 1 aromatic rings. The Balaban J connectivity index is 2.81. The molecule has 0 heterocycles. The lowest BCUT2D eigenvalue weighted by atomic mass is 10.1. The molecule has 0 aromatic heterocycles. The second-order valence-corrected chi connectivity index (χ2v) is 4.49. The van der Waals surface area contributed by atoms with E-state index in [0.717, 1.165) is 31.4 Å². The third-order valence-electron chi connectivity index (χ3n) is 2.93. The maximum Gasteiger partial charge on any atom is 0.254 e. The van der Waals surface area contributed by atoms with Crippen LogP contribution in [0.4, 0.5) is 0 Å². The lowest BCUT2D eigenvalue weighted by molar-refractivity contribution is 0.0792. The van der Waals surface area contributed by atoms with Gasteiger partial charge in [-0.25, -0.2) is 0 Å². The summed E-state index contributed by atoms with van der Waals surface area (Å²) in [4.78, 5) is 14.1. The molecular weight excluding hydrogens is 236 g/mol. The number of amides is 1. The van der Waals surface area contributed by atoms with Crippen molar-refractivity contribution in [3.8, 4) is 11.8 Å². The van der Waals surface area contributed by atoms with Gasteiger partial charge in [0.25, 0.3) is 5.91 Å². The molecule has 3 nitrogen and oxygen atoms in total. The molecule has 0 saturated heterocycles. The summed E-state index contributed by atoms with van der Waals surface area (Å²) in [5.74, 6) is 5.78. The summed E-state index contributed by atoms with van der Waals surface area (Å²) < 4.78 is 0. The van der Waals surface area contributed by atoms with Crippen LogP contribution in [0, 0.1) is 11.8 Å². The summed E-state index contributed by atoms with van der Waals surface area (Å²) in [6, 6.07) is 7.42. The highest BCUT2D eigenvalue weighted by atomic mass is 16.2. The first kappa shape index (κ1) is 15.3. The van der Waals surface area contributed by atoms with Crippen molar-refractivity contribution in [3.05, 3.63) is 35.4 Å². The number of benzene rings is 1. The van der Waals surface area contributed by atoms with Gasteiger partial charge in [-0.3, -0.25) is 4.79 Å². The smallest absolute Gasteiger partial charge is 0.254 e. The zero-order chi connectivity index (χ0) is 14.1. The van der Waals surface area contributed by atoms with E-state index in [2.05, 4.69) is 18.8 Å². The largest absolute Gasteiger partial charge is 0.342 e. The molecule has 0 aliphatic carbocycles. The summed E-state index contributed by atoms with van der Waals surface area (Å²) in [7, 11) is 1.84. The second-order valence-electron chi connectivity index (χ2n) is 4.49. The number of nitrogens with zero attached hydrogens (tertiary/aromatic N) is 1. The fraction of sp³-hybridized carbons (Fsp3) is 0.438. The second kappa shape index (κ2) is 8.34. The van der Waals surface area contributed by atoms with E-state index in [0.29, 0.717) is 12.1 Å². The van der Waals surface area contributed by atoms with Crippen molar-refractivity contribution in [2.75, 3.05) is 20.1 Å². The minimum absolute atomic E-state index is 0.0259. The van der Waals surface area contributed by atoms with Gasteiger partial charge >= 0.3 is 0 Å². The van der Waals surface area contributed by atoms with E-state index in [1.165, 1.54) is 0 Å². The molecule has 0 fully saturated rings. The van der Waals surface area contributed by atoms with Gasteiger partial charge in [-0.15, -0.1) is 0 Å². The minimum atomic E-state index is 0.0259. The molecule has 0 aliphatic rings. The van der Waals surface area contributed by atoms with Crippen molar-refractivity contribution in [3.63, 3.8) is 0 Å². The summed E-state index contributed by atoms with van der Waals surface area (Å²) in [5, 5.41) is 0. The maximum absolute atomic E-state index is 12.3. The summed E-state index contributed by atoms with van der Waals surface area (Å²) in [6.45, 7) is 3.24. The molecule has 0 saturated carbocycles. The first-order chi connectivity index (χ1) is 9.20. The van der Waals surface area contributed by atoms with Gasteiger partial charge < -0.3 is 10.6 Å². The number of rotatable bonds is 5. The first-order valence-electron chi connectivity index (χ1n) is 6.74. The van der Waals surface area contributed by atoms with Crippen molar-refractivity contribution in [2.24, 2.45) is 5.73 Å². The van der Waals surface area contributed by atoms with E-state index < -0.39 is 0 Å². The van der Waals surface area contributed by atoms with Crippen molar-refractivity contribution in [1.82, 2.24) is 4.90 Å². The first-order valence-corrected chi connectivity index (χ1v) is 6.74. The third-order valence-corrected chi connectivity index (χ3v) is 2.93. The summed E-state index contributed by atoms with van der Waals surface area (Å²) >= 11 is 0. The predicted octanol–water partition coefficient (Wildman–Crippen LogP) is 2.26. The fourth-order valence-electron chi connectivity index (χ4n) is 1.83. The van der Waals surface area contributed by atoms with Crippen LogP contribution in [0.25, 0.3) is 0 Å². The number of carbonyl (C=O) groups is 1. The van der Waals surface area contributed by atoms with E-state index >= 15 is 0 Å². The molecule has 19 heavy (non-hydrogen) atoms. The van der Waals surface area contributed by atoms with Crippen LogP contribution in [0.1, 0.15) is 42.1 Å². The molecule has 0 atom stereocenters. The third kappa shape index (κ3) is 4.76. The Morgan fingerprint density at radius 2 is 2.05 bits per heavy atom. The number of hydrogen-bond donors (Lipinski definition) is 1. The molecule has 2 N–H and O–H groups in total. The molecule has 0 radical (unpaired) electrons. The topological polar surface area (TPSA) is 46.3 Å². The Morgan fingerprint density at radius 3 is 2.74 bits per heavy atom. The van der Waals surface area contributed by atoms with Crippen LogP contribution in [0.15, 0.2) is 24.3 Å². The Bertz CT molecular complexity index is 471. The lowest BCUT2D eigenvalue weighted by Crippen LogP contribution is -2.28. The van der Waals surface area contributed by atoms with E-state index in [1.54, 1.807) is 4.90 Å². The van der Waals surface area contributed by atoms with Crippen LogP contribution in [0.5, 0.6) is 0 Å². The van der Waals surface area contributed by atoms with Crippen LogP contribution in [0.2, 0.25) is 0 Å². The zero-order valence-corrected chi connectivity index (χ0v) is 11.8. The van der Waals surface area contributed by atoms with Crippen LogP contribution in [-0.2, 0) is 0 Å². The van der Waals surface area contributed by atoms with E-state index in [1.807, 2.05) is 31.3 Å². The molecule has 1 amide bonds. The number of nitrogens with two attached hydrogens (primary N) is 1.